The van der Waals surface area contributed by atoms with Gasteiger partial charge in [-0.05, 0) is 35.0 Å². The van der Waals surface area contributed by atoms with Gasteiger partial charge >= 0.3 is 5.97 Å². The number of carbonyl (C=O) groups excluding carboxylic acids is 1. The van der Waals surface area contributed by atoms with Crippen molar-refractivity contribution in [3.8, 4) is 0 Å². The van der Waals surface area contributed by atoms with E-state index in [1.54, 1.807) is 6.92 Å². The number of carbonyl (C=O) groups is 1. The molecule has 1 aliphatic heterocycles. The van der Waals surface area contributed by atoms with Crippen LogP contribution in [0.2, 0.25) is 0 Å². The molecule has 1 fully saturated rings. The highest BCUT2D eigenvalue weighted by molar-refractivity contribution is 9.10. The summed E-state index contributed by atoms with van der Waals surface area (Å²) in [6.45, 7) is 1.90. The summed E-state index contributed by atoms with van der Waals surface area (Å²) in [5, 5.41) is 12.5. The van der Waals surface area contributed by atoms with E-state index in [1.165, 1.54) is 19.2 Å². The first-order valence-corrected chi connectivity index (χ1v) is 6.99. The minimum Gasteiger partial charge on any atom is -0.469 e. The number of nitrogens with zero attached hydrogens (tertiary/aromatic N) is 1. The van der Waals surface area contributed by atoms with E-state index in [0.717, 1.165) is 0 Å². The molecule has 0 saturated carbocycles. The molecule has 110 valence electrons. The van der Waals surface area contributed by atoms with Gasteiger partial charge in [-0.2, -0.15) is 0 Å². The van der Waals surface area contributed by atoms with Crippen LogP contribution in [0.25, 0.3) is 0 Å². The number of hydrogen-bond donors (Lipinski definition) is 2. The van der Waals surface area contributed by atoms with Crippen molar-refractivity contribution in [2.75, 3.05) is 20.3 Å². The fraction of sp³-hybridized carbons (Fsp3) is 0.538. The maximum absolute atomic E-state index is 14.1. The van der Waals surface area contributed by atoms with Crippen molar-refractivity contribution in [3.05, 3.63) is 28.2 Å². The average molecular weight is 347 g/mol. The Morgan fingerprint density at radius 1 is 1.70 bits per heavy atom. The second-order valence-electron chi connectivity index (χ2n) is 4.99. The Labute approximate surface area is 124 Å². The zero-order valence-corrected chi connectivity index (χ0v) is 12.8. The predicted octanol–water partition coefficient (Wildman–Crippen LogP) is 1.20. The number of rotatable bonds is 3. The van der Waals surface area contributed by atoms with Crippen LogP contribution in [0.5, 0.6) is 0 Å². The van der Waals surface area contributed by atoms with Gasteiger partial charge in [-0.1, -0.05) is 0 Å². The van der Waals surface area contributed by atoms with E-state index in [4.69, 9.17) is 4.74 Å². The summed E-state index contributed by atoms with van der Waals surface area (Å²) in [4.78, 5) is 16.2. The summed E-state index contributed by atoms with van der Waals surface area (Å²) in [7, 11) is 1.28. The molecule has 0 amide bonds. The van der Waals surface area contributed by atoms with Gasteiger partial charge in [0.25, 0.3) is 0 Å². The number of esters is 1. The highest BCUT2D eigenvalue weighted by Crippen LogP contribution is 2.40. The van der Waals surface area contributed by atoms with Gasteiger partial charge in [0, 0.05) is 19.1 Å². The van der Waals surface area contributed by atoms with Crippen molar-refractivity contribution >= 4 is 21.9 Å². The van der Waals surface area contributed by atoms with Crippen molar-refractivity contribution in [3.63, 3.8) is 0 Å². The maximum atomic E-state index is 14.1. The molecule has 0 radical (unpaired) electrons. The molecule has 0 bridgehead atoms. The first-order chi connectivity index (χ1) is 9.43. The summed E-state index contributed by atoms with van der Waals surface area (Å²) in [5.41, 5.74) is -0.882. The summed E-state index contributed by atoms with van der Waals surface area (Å²) < 4.78 is 19.4. The van der Waals surface area contributed by atoms with Crippen molar-refractivity contribution in [1.82, 2.24) is 10.3 Å². The minimum atomic E-state index is -1.02. The Hall–Kier alpha value is -1.05. The van der Waals surface area contributed by atoms with Crippen molar-refractivity contribution in [1.29, 1.82) is 0 Å². The fourth-order valence-electron chi connectivity index (χ4n) is 2.78. The van der Waals surface area contributed by atoms with Crippen LogP contribution in [0, 0.1) is 17.7 Å². The lowest BCUT2D eigenvalue weighted by atomic mass is 9.79. The van der Waals surface area contributed by atoms with Crippen molar-refractivity contribution in [2.24, 2.45) is 11.8 Å². The molecule has 1 aromatic rings. The van der Waals surface area contributed by atoms with Crippen LogP contribution < -0.4 is 5.32 Å². The lowest BCUT2D eigenvalue weighted by Crippen LogP contribution is -2.45. The molecule has 20 heavy (non-hydrogen) atoms. The van der Waals surface area contributed by atoms with Crippen LogP contribution in [0.15, 0.2) is 16.7 Å². The first kappa shape index (κ1) is 15.3. The SMILES string of the molecule is COC(=O)[C@H]1[C@H](CO)CN[C@]1(C)c1nc(Br)ccc1F. The molecule has 0 aromatic carbocycles. The van der Waals surface area contributed by atoms with E-state index in [2.05, 4.69) is 26.2 Å². The molecule has 7 heteroatoms. The van der Waals surface area contributed by atoms with Crippen LogP contribution in [0.3, 0.4) is 0 Å². The third kappa shape index (κ3) is 2.45. The smallest absolute Gasteiger partial charge is 0.311 e. The molecular weight excluding hydrogens is 331 g/mol. The van der Waals surface area contributed by atoms with Crippen LogP contribution in [-0.4, -0.2) is 36.3 Å². The second-order valence-corrected chi connectivity index (χ2v) is 5.80. The Morgan fingerprint density at radius 2 is 2.40 bits per heavy atom. The van der Waals surface area contributed by atoms with E-state index in [9.17, 15) is 14.3 Å². The molecule has 1 aromatic heterocycles. The van der Waals surface area contributed by atoms with Gasteiger partial charge in [-0.25, -0.2) is 9.37 Å². The standard InChI is InChI=1S/C13H16BrFN2O3/c1-13(11-8(15)3-4-9(14)17-11)10(12(19)20-2)7(6-18)5-16-13/h3-4,7,10,16,18H,5-6H2,1-2H3/t7-,10+,13-/m0/s1. The van der Waals surface area contributed by atoms with Crippen LogP contribution in [0.4, 0.5) is 4.39 Å². The minimum absolute atomic E-state index is 0.137. The molecule has 3 atom stereocenters. The Morgan fingerprint density at radius 3 is 3.00 bits per heavy atom. The van der Waals surface area contributed by atoms with Gasteiger partial charge in [0.1, 0.15) is 10.4 Å². The van der Waals surface area contributed by atoms with E-state index in [0.29, 0.717) is 11.1 Å². The van der Waals surface area contributed by atoms with Crippen LogP contribution in [0.1, 0.15) is 12.6 Å². The number of pyridine rings is 1. The average Bonchev–Trinajstić information content (AvgIpc) is 2.78. The Balaban J connectivity index is 2.51. The molecule has 2 rings (SSSR count). The number of methoxy groups -OCH3 is 1. The fourth-order valence-corrected chi connectivity index (χ4v) is 3.09. The Bertz CT molecular complexity index is 528. The molecule has 1 saturated heterocycles. The number of nitrogens with one attached hydrogen (secondary N) is 1. The number of aromatic nitrogens is 1. The second kappa shape index (κ2) is 5.75. The zero-order chi connectivity index (χ0) is 14.9. The molecule has 5 nitrogen and oxygen atoms in total. The van der Waals surface area contributed by atoms with Gasteiger partial charge < -0.3 is 15.2 Å². The van der Waals surface area contributed by atoms with Gasteiger partial charge in [0.15, 0.2) is 0 Å². The van der Waals surface area contributed by atoms with Crippen LogP contribution >= 0.6 is 15.9 Å². The lowest BCUT2D eigenvalue weighted by Gasteiger charge is -2.31. The van der Waals surface area contributed by atoms with Crippen molar-refractivity contribution < 1.29 is 19.0 Å². The third-order valence-corrected chi connectivity index (χ3v) is 4.26. The van der Waals surface area contributed by atoms with E-state index < -0.39 is 23.2 Å². The summed E-state index contributed by atoms with van der Waals surface area (Å²) >= 11 is 3.20. The van der Waals surface area contributed by atoms with E-state index >= 15 is 0 Å². The van der Waals surface area contributed by atoms with Gasteiger partial charge in [0.2, 0.25) is 0 Å². The zero-order valence-electron chi connectivity index (χ0n) is 11.2. The molecular formula is C13H16BrFN2O3. The molecule has 2 heterocycles. The van der Waals surface area contributed by atoms with E-state index in [-0.39, 0.29) is 18.2 Å². The first-order valence-electron chi connectivity index (χ1n) is 6.20. The molecule has 1 aliphatic rings. The van der Waals surface area contributed by atoms with E-state index in [1.807, 2.05) is 0 Å². The van der Waals surface area contributed by atoms with Crippen molar-refractivity contribution in [2.45, 2.75) is 12.5 Å². The number of aliphatic hydroxyl groups is 1. The molecule has 2 N–H and O–H groups in total. The third-order valence-electron chi connectivity index (χ3n) is 3.82. The number of ether oxygens (including phenoxy) is 1. The largest absolute Gasteiger partial charge is 0.469 e. The molecule has 0 unspecified atom stereocenters. The monoisotopic (exact) mass is 346 g/mol. The highest BCUT2D eigenvalue weighted by Gasteiger charge is 2.52. The predicted molar refractivity (Wildman–Crippen MR) is 73.3 cm³/mol. The quantitative estimate of drug-likeness (QED) is 0.635. The van der Waals surface area contributed by atoms with Gasteiger partial charge in [-0.15, -0.1) is 0 Å². The topological polar surface area (TPSA) is 71.5 Å². The number of hydrogen-bond acceptors (Lipinski definition) is 5. The summed E-state index contributed by atoms with van der Waals surface area (Å²) in [6, 6.07) is 2.79. The Kier molecular flexibility index (Phi) is 4.41. The lowest BCUT2D eigenvalue weighted by molar-refractivity contribution is -0.149. The van der Waals surface area contributed by atoms with Gasteiger partial charge in [0.05, 0.1) is 24.3 Å². The maximum Gasteiger partial charge on any atom is 0.311 e. The number of aliphatic hydroxyl groups excluding tert-OH is 1. The van der Waals surface area contributed by atoms with Gasteiger partial charge in [-0.3, -0.25) is 4.79 Å². The number of halogens is 2. The summed E-state index contributed by atoms with van der Waals surface area (Å²) in [6.07, 6.45) is 0. The molecule has 0 spiro atoms. The highest BCUT2D eigenvalue weighted by atomic mass is 79.9. The van der Waals surface area contributed by atoms with Crippen LogP contribution in [-0.2, 0) is 15.1 Å². The summed E-state index contributed by atoms with van der Waals surface area (Å²) in [5.74, 6) is -2.03. The normalized spacial score (nSPS) is 29.4. The molecule has 0 aliphatic carbocycles.